The molecule has 2 aromatic rings. The Labute approximate surface area is 135 Å². The first-order valence-electron chi connectivity index (χ1n) is 6.77. The number of aromatic nitrogens is 2. The second kappa shape index (κ2) is 6.37. The van der Waals surface area contributed by atoms with Crippen LogP contribution < -0.4 is 16.6 Å². The zero-order valence-electron chi connectivity index (χ0n) is 12.5. The summed E-state index contributed by atoms with van der Waals surface area (Å²) in [7, 11) is 0. The van der Waals surface area contributed by atoms with Crippen molar-refractivity contribution in [1.82, 2.24) is 15.3 Å². The number of nitrogens with one attached hydrogen (secondary N) is 3. The highest BCUT2D eigenvalue weighted by Gasteiger charge is 2.24. The molecule has 6 nitrogen and oxygen atoms in total. The molecule has 1 amide bonds. The maximum Gasteiger partial charge on any atom is 0.326 e. The molecule has 0 bridgehead atoms. The van der Waals surface area contributed by atoms with Crippen molar-refractivity contribution in [2.75, 3.05) is 6.54 Å². The van der Waals surface area contributed by atoms with Gasteiger partial charge in [-0.05, 0) is 17.7 Å². The smallest absolute Gasteiger partial charge is 0.326 e. The summed E-state index contributed by atoms with van der Waals surface area (Å²) in [5, 5.41) is 3.07. The van der Waals surface area contributed by atoms with Crippen molar-refractivity contribution in [2.45, 2.75) is 19.3 Å². The normalized spacial score (nSPS) is 11.3. The molecule has 0 saturated carbocycles. The van der Waals surface area contributed by atoms with Crippen molar-refractivity contribution in [2.24, 2.45) is 0 Å². The van der Waals surface area contributed by atoms with Crippen molar-refractivity contribution >= 4 is 17.5 Å². The predicted molar refractivity (Wildman–Crippen MR) is 84.5 cm³/mol. The third-order valence-electron chi connectivity index (χ3n) is 3.41. The summed E-state index contributed by atoms with van der Waals surface area (Å²) < 4.78 is 13.6. The second-order valence-electron chi connectivity index (χ2n) is 5.67. The fourth-order valence-electron chi connectivity index (χ4n) is 2.03. The quantitative estimate of drug-likeness (QED) is 0.789. The van der Waals surface area contributed by atoms with Gasteiger partial charge in [0.05, 0.1) is 0 Å². The third-order valence-corrected chi connectivity index (χ3v) is 3.64. The minimum Gasteiger partial charge on any atom is -0.350 e. The topological polar surface area (TPSA) is 94.8 Å². The Bertz CT molecular complexity index is 858. The Kier molecular flexibility index (Phi) is 4.70. The molecule has 122 valence electrons. The van der Waals surface area contributed by atoms with Gasteiger partial charge in [0.15, 0.2) is 0 Å². The number of carbonyl (C=O) groups is 1. The number of hydrogen-bond donors (Lipinski definition) is 3. The van der Waals surface area contributed by atoms with Crippen LogP contribution in [-0.2, 0) is 5.41 Å². The Morgan fingerprint density at radius 2 is 2.00 bits per heavy atom. The number of carbonyl (C=O) groups excluding carboxylic acids is 1. The van der Waals surface area contributed by atoms with Crippen molar-refractivity contribution in [3.05, 3.63) is 67.2 Å². The summed E-state index contributed by atoms with van der Waals surface area (Å²) in [5.41, 5.74) is -2.49. The van der Waals surface area contributed by atoms with Crippen LogP contribution >= 0.6 is 11.6 Å². The van der Waals surface area contributed by atoms with Crippen LogP contribution in [-0.4, -0.2) is 22.4 Å². The van der Waals surface area contributed by atoms with Gasteiger partial charge in [-0.1, -0.05) is 37.6 Å². The van der Waals surface area contributed by atoms with E-state index < -0.39 is 34.1 Å². The zero-order valence-corrected chi connectivity index (χ0v) is 13.3. The van der Waals surface area contributed by atoms with Crippen LogP contribution in [0, 0.1) is 5.82 Å². The van der Waals surface area contributed by atoms with Crippen LogP contribution in [0.5, 0.6) is 0 Å². The van der Waals surface area contributed by atoms with Crippen molar-refractivity contribution in [3.8, 4) is 0 Å². The van der Waals surface area contributed by atoms with E-state index in [9.17, 15) is 18.8 Å². The van der Waals surface area contributed by atoms with E-state index in [4.69, 9.17) is 11.6 Å². The summed E-state index contributed by atoms with van der Waals surface area (Å²) in [5.74, 6) is -2.21. The molecule has 0 aliphatic heterocycles. The molecular formula is C15H15ClFN3O3. The van der Waals surface area contributed by atoms with Gasteiger partial charge in [0.1, 0.15) is 5.69 Å². The number of aromatic amines is 2. The summed E-state index contributed by atoms with van der Waals surface area (Å²) in [6.45, 7) is 3.89. The Morgan fingerprint density at radius 3 is 2.65 bits per heavy atom. The summed E-state index contributed by atoms with van der Waals surface area (Å²) in [6, 6.07) is 7.14. The average Bonchev–Trinajstić information content (AvgIpc) is 2.48. The van der Waals surface area contributed by atoms with E-state index in [-0.39, 0.29) is 6.54 Å². The van der Waals surface area contributed by atoms with Gasteiger partial charge in [0.25, 0.3) is 11.5 Å². The van der Waals surface area contributed by atoms with Crippen LogP contribution in [0.3, 0.4) is 0 Å². The molecule has 3 N–H and O–H groups in total. The highest BCUT2D eigenvalue weighted by Crippen LogP contribution is 2.24. The number of halogens is 2. The largest absolute Gasteiger partial charge is 0.350 e. The van der Waals surface area contributed by atoms with Gasteiger partial charge >= 0.3 is 5.69 Å². The van der Waals surface area contributed by atoms with E-state index in [1.54, 1.807) is 23.2 Å². The molecule has 0 unspecified atom stereocenters. The summed E-state index contributed by atoms with van der Waals surface area (Å²) >= 11 is 5.95. The highest BCUT2D eigenvalue weighted by atomic mass is 35.5. The Hall–Kier alpha value is -2.41. The molecule has 23 heavy (non-hydrogen) atoms. The molecule has 0 aliphatic carbocycles. The first-order valence-corrected chi connectivity index (χ1v) is 7.15. The minimum atomic E-state index is -1.33. The molecule has 1 heterocycles. The number of H-pyrrole nitrogens is 2. The van der Waals surface area contributed by atoms with E-state index in [1.165, 1.54) is 0 Å². The van der Waals surface area contributed by atoms with E-state index in [0.29, 0.717) is 5.02 Å². The predicted octanol–water partition coefficient (Wildman–Crippen LogP) is 1.56. The van der Waals surface area contributed by atoms with Gasteiger partial charge in [-0.3, -0.25) is 14.6 Å². The van der Waals surface area contributed by atoms with E-state index in [0.717, 1.165) is 5.56 Å². The first kappa shape index (κ1) is 17.0. The fourth-order valence-corrected chi connectivity index (χ4v) is 2.22. The fraction of sp³-hybridized carbons (Fsp3) is 0.267. The molecular weight excluding hydrogens is 325 g/mol. The summed E-state index contributed by atoms with van der Waals surface area (Å²) in [6.07, 6.45) is 0. The van der Waals surface area contributed by atoms with Crippen molar-refractivity contribution in [1.29, 1.82) is 0 Å². The van der Waals surface area contributed by atoms with Gasteiger partial charge < -0.3 is 10.3 Å². The molecule has 8 heteroatoms. The first-order chi connectivity index (χ1) is 10.7. The van der Waals surface area contributed by atoms with E-state index in [1.807, 2.05) is 24.9 Å². The van der Waals surface area contributed by atoms with Gasteiger partial charge in [-0.25, -0.2) is 4.79 Å². The van der Waals surface area contributed by atoms with Gasteiger partial charge in [0.2, 0.25) is 5.82 Å². The van der Waals surface area contributed by atoms with Crippen LogP contribution in [0.2, 0.25) is 5.02 Å². The maximum atomic E-state index is 13.6. The van der Waals surface area contributed by atoms with Crippen LogP contribution in [0.25, 0.3) is 0 Å². The SMILES string of the molecule is CC(C)(CNC(=O)c1[nH]c(=O)[nH]c(=O)c1F)c1cccc(Cl)c1. The standard InChI is InChI=1S/C15H15ClFN3O3/c1-15(2,8-4-3-5-9(16)6-8)7-18-13(22)11-10(17)12(21)20-14(23)19-11/h3-6H,7H2,1-2H3,(H,18,22)(H2,19,20,21,23). The lowest BCUT2D eigenvalue weighted by Crippen LogP contribution is -2.39. The van der Waals surface area contributed by atoms with Crippen LogP contribution in [0.15, 0.2) is 33.9 Å². The second-order valence-corrected chi connectivity index (χ2v) is 6.11. The van der Waals surface area contributed by atoms with E-state index in [2.05, 4.69) is 5.32 Å². The van der Waals surface area contributed by atoms with Gasteiger partial charge in [0, 0.05) is 17.0 Å². The zero-order chi connectivity index (χ0) is 17.2. The number of benzene rings is 1. The third kappa shape index (κ3) is 3.87. The van der Waals surface area contributed by atoms with Crippen molar-refractivity contribution in [3.63, 3.8) is 0 Å². The summed E-state index contributed by atoms with van der Waals surface area (Å²) in [4.78, 5) is 38.0. The minimum absolute atomic E-state index is 0.153. The molecule has 0 spiro atoms. The van der Waals surface area contributed by atoms with Crippen molar-refractivity contribution < 1.29 is 9.18 Å². The molecule has 0 saturated heterocycles. The van der Waals surface area contributed by atoms with Gasteiger partial charge in [-0.2, -0.15) is 4.39 Å². The van der Waals surface area contributed by atoms with Crippen LogP contribution in [0.4, 0.5) is 4.39 Å². The van der Waals surface area contributed by atoms with Gasteiger partial charge in [-0.15, -0.1) is 0 Å². The molecule has 1 aromatic heterocycles. The highest BCUT2D eigenvalue weighted by molar-refractivity contribution is 6.30. The lowest BCUT2D eigenvalue weighted by Gasteiger charge is -2.25. The Balaban J connectivity index is 2.19. The Morgan fingerprint density at radius 1 is 1.30 bits per heavy atom. The molecule has 1 aromatic carbocycles. The number of rotatable bonds is 4. The molecule has 0 radical (unpaired) electrons. The average molecular weight is 340 g/mol. The van der Waals surface area contributed by atoms with Crippen LogP contribution in [0.1, 0.15) is 29.9 Å². The van der Waals surface area contributed by atoms with E-state index >= 15 is 0 Å². The lowest BCUT2D eigenvalue weighted by molar-refractivity contribution is 0.0935. The molecule has 0 aliphatic rings. The number of hydrogen-bond acceptors (Lipinski definition) is 3. The maximum absolute atomic E-state index is 13.6. The lowest BCUT2D eigenvalue weighted by atomic mass is 9.84. The number of amides is 1. The monoisotopic (exact) mass is 339 g/mol. The molecule has 2 rings (SSSR count). The molecule has 0 atom stereocenters. The molecule has 0 fully saturated rings.